The van der Waals surface area contributed by atoms with Crippen molar-refractivity contribution < 1.29 is 9.53 Å². The molecular formula is C15H20N2O2. The topological polar surface area (TPSA) is 41.6 Å². The molecule has 0 aromatic heterocycles. The number of ether oxygens (including phenoxy) is 1. The Bertz CT molecular complexity index is 495. The van der Waals surface area contributed by atoms with Crippen LogP contribution >= 0.6 is 0 Å². The third-order valence-corrected chi connectivity index (χ3v) is 3.18. The lowest BCUT2D eigenvalue weighted by atomic mass is 9.85. The summed E-state index contributed by atoms with van der Waals surface area (Å²) < 4.78 is 5.24. The Morgan fingerprint density at radius 2 is 2.11 bits per heavy atom. The van der Waals surface area contributed by atoms with Crippen LogP contribution in [0.15, 0.2) is 36.0 Å². The molecule has 1 atom stereocenters. The van der Waals surface area contributed by atoms with Crippen molar-refractivity contribution in [1.82, 2.24) is 10.4 Å². The fraction of sp³-hybridized carbons (Fsp3) is 0.400. The molecule has 0 radical (unpaired) electrons. The third kappa shape index (κ3) is 3.58. The first kappa shape index (κ1) is 13.6. The van der Waals surface area contributed by atoms with Crippen LogP contribution in [0.1, 0.15) is 24.3 Å². The fourth-order valence-corrected chi connectivity index (χ4v) is 2.39. The first-order valence-corrected chi connectivity index (χ1v) is 6.40. The number of methoxy groups -OCH3 is 1. The number of rotatable bonds is 4. The van der Waals surface area contributed by atoms with E-state index >= 15 is 0 Å². The summed E-state index contributed by atoms with van der Waals surface area (Å²) in [6.07, 6.45) is 3.11. The van der Waals surface area contributed by atoms with Gasteiger partial charge in [-0.25, -0.2) is 5.01 Å². The van der Waals surface area contributed by atoms with Gasteiger partial charge in [0.1, 0.15) is 5.75 Å². The molecule has 1 aromatic carbocycles. The lowest BCUT2D eigenvalue weighted by molar-refractivity contribution is -0.115. The van der Waals surface area contributed by atoms with Crippen LogP contribution in [0, 0.1) is 0 Å². The molecule has 19 heavy (non-hydrogen) atoms. The Labute approximate surface area is 114 Å². The van der Waals surface area contributed by atoms with Crippen LogP contribution in [-0.4, -0.2) is 32.0 Å². The van der Waals surface area contributed by atoms with Crippen molar-refractivity contribution >= 4 is 5.78 Å². The smallest absolute Gasteiger partial charge is 0.158 e. The Balaban J connectivity index is 2.17. The number of carbonyl (C=O) groups excluding carboxylic acids is 1. The van der Waals surface area contributed by atoms with E-state index in [9.17, 15) is 4.79 Å². The van der Waals surface area contributed by atoms with E-state index in [0.29, 0.717) is 6.42 Å². The molecule has 102 valence electrons. The summed E-state index contributed by atoms with van der Waals surface area (Å²) in [5.74, 6) is 1.22. The Morgan fingerprint density at radius 3 is 2.79 bits per heavy atom. The van der Waals surface area contributed by atoms with Gasteiger partial charge in [-0.2, -0.15) is 0 Å². The van der Waals surface area contributed by atoms with Gasteiger partial charge in [-0.3, -0.25) is 4.79 Å². The molecule has 0 fully saturated rings. The highest BCUT2D eigenvalue weighted by Crippen LogP contribution is 2.32. The lowest BCUT2D eigenvalue weighted by Gasteiger charge is -2.25. The minimum Gasteiger partial charge on any atom is -0.497 e. The van der Waals surface area contributed by atoms with E-state index in [0.717, 1.165) is 23.4 Å². The van der Waals surface area contributed by atoms with Crippen molar-refractivity contribution in [1.29, 1.82) is 0 Å². The molecule has 1 aliphatic carbocycles. The van der Waals surface area contributed by atoms with Gasteiger partial charge in [0, 0.05) is 32.3 Å². The lowest BCUT2D eigenvalue weighted by Crippen LogP contribution is -2.32. The van der Waals surface area contributed by atoms with Crippen LogP contribution in [0.4, 0.5) is 0 Å². The standard InChI is InChI=1S/C15H20N2O2/c1-17(2)16-13-7-12(8-14(18)10-13)11-5-4-6-15(9-11)19-3/h4-6,9-10,12,16H,7-8H2,1-3H3/t12-/m0/s1. The van der Waals surface area contributed by atoms with Gasteiger partial charge >= 0.3 is 0 Å². The number of ketones is 1. The van der Waals surface area contributed by atoms with Crippen LogP contribution in [0.5, 0.6) is 5.75 Å². The van der Waals surface area contributed by atoms with Gasteiger partial charge in [-0.05, 0) is 30.0 Å². The number of hydrogen-bond donors (Lipinski definition) is 1. The second kappa shape index (κ2) is 5.89. The first-order chi connectivity index (χ1) is 9.08. The molecule has 0 saturated carbocycles. The van der Waals surface area contributed by atoms with Gasteiger partial charge in [0.15, 0.2) is 5.78 Å². The van der Waals surface area contributed by atoms with Crippen LogP contribution in [0.2, 0.25) is 0 Å². The van der Waals surface area contributed by atoms with Gasteiger partial charge in [-0.1, -0.05) is 12.1 Å². The molecule has 0 aliphatic heterocycles. The van der Waals surface area contributed by atoms with Gasteiger partial charge in [0.05, 0.1) is 7.11 Å². The van der Waals surface area contributed by atoms with Gasteiger partial charge < -0.3 is 10.2 Å². The molecule has 0 unspecified atom stereocenters. The number of nitrogens with one attached hydrogen (secondary N) is 1. The van der Waals surface area contributed by atoms with E-state index in [-0.39, 0.29) is 11.7 Å². The first-order valence-electron chi connectivity index (χ1n) is 6.40. The molecule has 1 aromatic rings. The average Bonchev–Trinajstić information content (AvgIpc) is 2.37. The zero-order chi connectivity index (χ0) is 13.8. The van der Waals surface area contributed by atoms with Crippen molar-refractivity contribution in [3.63, 3.8) is 0 Å². The largest absolute Gasteiger partial charge is 0.497 e. The van der Waals surface area contributed by atoms with Crippen LogP contribution in [0.25, 0.3) is 0 Å². The van der Waals surface area contributed by atoms with Crippen molar-refractivity contribution in [2.75, 3.05) is 21.2 Å². The highest BCUT2D eigenvalue weighted by molar-refractivity contribution is 5.91. The second-order valence-corrected chi connectivity index (χ2v) is 5.02. The fourth-order valence-electron chi connectivity index (χ4n) is 2.39. The highest BCUT2D eigenvalue weighted by atomic mass is 16.5. The van der Waals surface area contributed by atoms with E-state index in [1.165, 1.54) is 0 Å². The molecular weight excluding hydrogens is 240 g/mol. The maximum absolute atomic E-state index is 11.8. The third-order valence-electron chi connectivity index (χ3n) is 3.18. The van der Waals surface area contributed by atoms with Crippen LogP contribution < -0.4 is 10.2 Å². The zero-order valence-electron chi connectivity index (χ0n) is 11.6. The number of benzene rings is 1. The predicted octanol–water partition coefficient (Wildman–Crippen LogP) is 2.09. The molecule has 4 nitrogen and oxygen atoms in total. The minimum atomic E-state index is 0.170. The number of allylic oxidation sites excluding steroid dienone is 2. The summed E-state index contributed by atoms with van der Waals surface area (Å²) >= 11 is 0. The minimum absolute atomic E-state index is 0.170. The Kier molecular flexibility index (Phi) is 4.22. The summed E-state index contributed by atoms with van der Waals surface area (Å²) in [7, 11) is 5.49. The van der Waals surface area contributed by atoms with E-state index in [1.807, 2.05) is 37.3 Å². The van der Waals surface area contributed by atoms with Crippen LogP contribution in [0.3, 0.4) is 0 Å². The van der Waals surface area contributed by atoms with E-state index in [1.54, 1.807) is 13.2 Å². The summed E-state index contributed by atoms with van der Waals surface area (Å²) in [4.78, 5) is 11.8. The molecule has 0 amide bonds. The van der Waals surface area contributed by atoms with E-state index < -0.39 is 0 Å². The Hall–Kier alpha value is -1.81. The van der Waals surface area contributed by atoms with Gasteiger partial charge in [0.25, 0.3) is 0 Å². The van der Waals surface area contributed by atoms with E-state index in [2.05, 4.69) is 11.5 Å². The summed E-state index contributed by atoms with van der Waals surface area (Å²) in [5, 5.41) is 1.85. The summed E-state index contributed by atoms with van der Waals surface area (Å²) in [6, 6.07) is 7.95. The number of carbonyl (C=O) groups is 1. The molecule has 1 N–H and O–H groups in total. The molecule has 0 spiro atoms. The molecule has 1 aliphatic rings. The normalized spacial score (nSPS) is 19.3. The molecule has 0 saturated heterocycles. The molecule has 0 bridgehead atoms. The molecule has 0 heterocycles. The average molecular weight is 260 g/mol. The highest BCUT2D eigenvalue weighted by Gasteiger charge is 2.22. The molecule has 4 heteroatoms. The van der Waals surface area contributed by atoms with Crippen molar-refractivity contribution in [2.24, 2.45) is 0 Å². The predicted molar refractivity (Wildman–Crippen MR) is 74.9 cm³/mol. The Morgan fingerprint density at radius 1 is 1.32 bits per heavy atom. The number of hydrogen-bond acceptors (Lipinski definition) is 4. The quantitative estimate of drug-likeness (QED) is 0.842. The van der Waals surface area contributed by atoms with Gasteiger partial charge in [0.2, 0.25) is 0 Å². The number of hydrazine groups is 1. The summed E-state index contributed by atoms with van der Waals surface area (Å²) in [6.45, 7) is 0. The SMILES string of the molecule is COc1cccc([C@@H]2CC(=O)C=C(NN(C)C)C2)c1. The summed E-state index contributed by atoms with van der Waals surface area (Å²) in [5.41, 5.74) is 5.30. The zero-order valence-corrected chi connectivity index (χ0v) is 11.6. The second-order valence-electron chi connectivity index (χ2n) is 5.02. The number of nitrogens with zero attached hydrogens (tertiary/aromatic N) is 1. The molecule has 2 rings (SSSR count). The van der Waals surface area contributed by atoms with Gasteiger partial charge in [-0.15, -0.1) is 0 Å². The maximum Gasteiger partial charge on any atom is 0.158 e. The van der Waals surface area contributed by atoms with Crippen molar-refractivity contribution in [2.45, 2.75) is 18.8 Å². The van der Waals surface area contributed by atoms with Crippen molar-refractivity contribution in [3.05, 3.63) is 41.6 Å². The maximum atomic E-state index is 11.8. The van der Waals surface area contributed by atoms with E-state index in [4.69, 9.17) is 4.74 Å². The van der Waals surface area contributed by atoms with Crippen molar-refractivity contribution in [3.8, 4) is 5.75 Å². The van der Waals surface area contributed by atoms with Crippen LogP contribution in [-0.2, 0) is 4.79 Å². The monoisotopic (exact) mass is 260 g/mol.